The molecule has 31 heavy (non-hydrogen) atoms. The molecule has 0 saturated heterocycles. The Bertz CT molecular complexity index is 1050. The number of thiophene rings is 1. The number of aliphatic hydroxyl groups is 1. The highest BCUT2D eigenvalue weighted by atomic mass is 32.1. The van der Waals surface area contributed by atoms with E-state index in [1.807, 2.05) is 11.3 Å². The van der Waals surface area contributed by atoms with Gasteiger partial charge in [-0.2, -0.15) is 0 Å². The lowest BCUT2D eigenvalue weighted by molar-refractivity contribution is -0.139. The van der Waals surface area contributed by atoms with Crippen LogP contribution < -0.4 is 0 Å². The van der Waals surface area contributed by atoms with E-state index in [-0.39, 0.29) is 0 Å². The molecule has 3 aromatic rings. The monoisotopic (exact) mass is 439 g/mol. The van der Waals surface area contributed by atoms with E-state index in [2.05, 4.69) is 45.0 Å². The minimum atomic E-state index is -0.736. The summed E-state index contributed by atoms with van der Waals surface area (Å²) in [7, 11) is 1.00. The van der Waals surface area contributed by atoms with Gasteiger partial charge in [0.15, 0.2) is 0 Å². The first-order valence-corrected chi connectivity index (χ1v) is 12.1. The molecule has 166 valence electrons. The zero-order chi connectivity index (χ0) is 22.5. The number of rotatable bonds is 6. The summed E-state index contributed by atoms with van der Waals surface area (Å²) >= 11 is 1.82. The molecular formula is C26H33NO3S. The van der Waals surface area contributed by atoms with Crippen LogP contribution in [0.15, 0.2) is 24.3 Å². The maximum absolute atomic E-state index is 12.3. The number of pyridine rings is 1. The Kier molecular flexibility index (Phi) is 7.84. The number of carboxylic acids is 1. The first-order valence-electron chi connectivity index (χ1n) is 11.3. The van der Waals surface area contributed by atoms with Crippen molar-refractivity contribution >= 4 is 27.5 Å². The van der Waals surface area contributed by atoms with Gasteiger partial charge in [-0.05, 0) is 67.7 Å². The Morgan fingerprint density at radius 2 is 1.81 bits per heavy atom. The van der Waals surface area contributed by atoms with Gasteiger partial charge in [-0.3, -0.25) is 4.79 Å². The predicted octanol–water partition coefficient (Wildman–Crippen LogP) is 6.29. The standard InChI is InChI=1S/C25H29NO2S.CH4O/c1-4-8-18(25(27)28)22-19(5-2)26-24-23(17-9-6-7-10-20(17)29-24)21(22)16-13-11-15(3)12-14-16;1-2/h11-14,18H,4-10H2,1-3H3,(H,27,28);2H,1H3. The van der Waals surface area contributed by atoms with Crippen LogP contribution in [0, 0.1) is 6.92 Å². The van der Waals surface area contributed by atoms with E-state index in [1.165, 1.54) is 34.2 Å². The molecule has 0 spiro atoms. The molecule has 4 rings (SSSR count). The first kappa shape index (κ1) is 23.4. The van der Waals surface area contributed by atoms with Crippen molar-refractivity contribution in [3.63, 3.8) is 0 Å². The zero-order valence-corrected chi connectivity index (χ0v) is 19.8. The number of aromatic nitrogens is 1. The average molecular weight is 440 g/mol. The molecule has 5 heteroatoms. The van der Waals surface area contributed by atoms with Gasteiger partial charge in [-0.15, -0.1) is 11.3 Å². The molecule has 0 fully saturated rings. The van der Waals surface area contributed by atoms with Crippen molar-refractivity contribution in [3.8, 4) is 11.1 Å². The number of carbonyl (C=O) groups is 1. The summed E-state index contributed by atoms with van der Waals surface area (Å²) < 4.78 is 0. The highest BCUT2D eigenvalue weighted by Gasteiger charge is 2.30. The molecule has 0 radical (unpaired) electrons. The van der Waals surface area contributed by atoms with E-state index in [9.17, 15) is 9.90 Å². The summed E-state index contributed by atoms with van der Waals surface area (Å²) in [5.74, 6) is -1.25. The predicted molar refractivity (Wildman–Crippen MR) is 129 cm³/mol. The van der Waals surface area contributed by atoms with Crippen molar-refractivity contribution in [2.24, 2.45) is 0 Å². The second kappa shape index (κ2) is 10.4. The van der Waals surface area contributed by atoms with Crippen molar-refractivity contribution in [1.82, 2.24) is 4.98 Å². The van der Waals surface area contributed by atoms with Crippen molar-refractivity contribution < 1.29 is 15.0 Å². The minimum absolute atomic E-state index is 0.512. The number of hydrogen-bond donors (Lipinski definition) is 2. The number of benzene rings is 1. The third-order valence-corrected chi connectivity index (χ3v) is 7.30. The lowest BCUT2D eigenvalue weighted by Gasteiger charge is -2.22. The third kappa shape index (κ3) is 4.53. The summed E-state index contributed by atoms with van der Waals surface area (Å²) in [6, 6.07) is 8.58. The minimum Gasteiger partial charge on any atom is -0.481 e. The summed E-state index contributed by atoms with van der Waals surface area (Å²) in [6.45, 7) is 6.24. The number of hydrogen-bond acceptors (Lipinski definition) is 4. The summed E-state index contributed by atoms with van der Waals surface area (Å²) in [6.07, 6.45) is 6.87. The third-order valence-electron chi connectivity index (χ3n) is 6.12. The molecule has 2 heterocycles. The fourth-order valence-electron chi connectivity index (χ4n) is 4.69. The number of fused-ring (bicyclic) bond motifs is 3. The Morgan fingerprint density at radius 3 is 2.42 bits per heavy atom. The number of aliphatic hydroxyl groups excluding tert-OH is 1. The zero-order valence-electron chi connectivity index (χ0n) is 19.0. The molecule has 0 bridgehead atoms. The van der Waals surface area contributed by atoms with Gasteiger partial charge in [0.05, 0.1) is 5.92 Å². The Labute approximate surface area is 189 Å². The van der Waals surface area contributed by atoms with E-state index in [1.54, 1.807) is 0 Å². The molecule has 2 N–H and O–H groups in total. The molecule has 0 saturated carbocycles. The maximum Gasteiger partial charge on any atom is 0.311 e. The normalized spacial score (nSPS) is 14.0. The molecule has 4 nitrogen and oxygen atoms in total. The van der Waals surface area contributed by atoms with E-state index >= 15 is 0 Å². The molecule has 1 unspecified atom stereocenters. The van der Waals surface area contributed by atoms with Gasteiger partial charge in [0.1, 0.15) is 4.83 Å². The summed E-state index contributed by atoms with van der Waals surface area (Å²) in [5, 5.41) is 18.4. The Morgan fingerprint density at radius 1 is 1.13 bits per heavy atom. The molecule has 0 amide bonds. The fourth-order valence-corrected chi connectivity index (χ4v) is 5.98. The number of carboxylic acid groups (broad SMARTS) is 1. The Hall–Kier alpha value is -2.24. The average Bonchev–Trinajstić information content (AvgIpc) is 3.16. The first-order chi connectivity index (χ1) is 15.0. The molecule has 1 aliphatic carbocycles. The van der Waals surface area contributed by atoms with E-state index in [0.717, 1.165) is 60.0 Å². The van der Waals surface area contributed by atoms with E-state index in [4.69, 9.17) is 10.1 Å². The molecule has 1 aromatic carbocycles. The summed E-state index contributed by atoms with van der Waals surface area (Å²) in [5.41, 5.74) is 6.79. The van der Waals surface area contributed by atoms with Crippen LogP contribution >= 0.6 is 11.3 Å². The second-order valence-electron chi connectivity index (χ2n) is 8.14. The van der Waals surface area contributed by atoms with Gasteiger partial charge in [0.25, 0.3) is 0 Å². The van der Waals surface area contributed by atoms with Crippen molar-refractivity contribution in [2.75, 3.05) is 7.11 Å². The van der Waals surface area contributed by atoms with Gasteiger partial charge in [0.2, 0.25) is 0 Å². The molecule has 1 aliphatic rings. The van der Waals surface area contributed by atoms with Crippen LogP contribution in [0.5, 0.6) is 0 Å². The van der Waals surface area contributed by atoms with Crippen LogP contribution in [-0.4, -0.2) is 28.3 Å². The van der Waals surface area contributed by atoms with Crippen molar-refractivity contribution in [3.05, 3.63) is 51.5 Å². The Balaban J connectivity index is 0.00000132. The number of aliphatic carboxylic acids is 1. The van der Waals surface area contributed by atoms with Gasteiger partial charge in [0, 0.05) is 23.1 Å². The van der Waals surface area contributed by atoms with E-state index < -0.39 is 11.9 Å². The SMILES string of the molecule is CCCC(C(=O)O)c1c(CC)nc2sc3c(c2c1-c1ccc(C)cc1)CCCC3.CO. The molecule has 1 atom stereocenters. The largest absolute Gasteiger partial charge is 0.481 e. The topological polar surface area (TPSA) is 70.4 Å². The van der Waals surface area contributed by atoms with Crippen molar-refractivity contribution in [2.45, 2.75) is 71.6 Å². The fraction of sp³-hybridized carbons (Fsp3) is 0.462. The lowest BCUT2D eigenvalue weighted by Crippen LogP contribution is -2.16. The highest BCUT2D eigenvalue weighted by molar-refractivity contribution is 7.19. The summed E-state index contributed by atoms with van der Waals surface area (Å²) in [4.78, 5) is 19.9. The van der Waals surface area contributed by atoms with E-state index in [0.29, 0.717) is 6.42 Å². The molecule has 2 aromatic heterocycles. The maximum atomic E-state index is 12.3. The smallest absolute Gasteiger partial charge is 0.311 e. The van der Waals surface area contributed by atoms with Crippen LogP contribution in [0.3, 0.4) is 0 Å². The highest BCUT2D eigenvalue weighted by Crippen LogP contribution is 2.45. The van der Waals surface area contributed by atoms with Crippen LogP contribution in [0.1, 0.15) is 72.7 Å². The molecular weight excluding hydrogens is 406 g/mol. The van der Waals surface area contributed by atoms with Crippen LogP contribution in [0.25, 0.3) is 21.3 Å². The molecule has 0 aliphatic heterocycles. The number of aryl methyl sites for hydroxylation is 4. The van der Waals surface area contributed by atoms with Crippen LogP contribution in [0.2, 0.25) is 0 Å². The van der Waals surface area contributed by atoms with Gasteiger partial charge < -0.3 is 10.2 Å². The lowest BCUT2D eigenvalue weighted by atomic mass is 9.83. The van der Waals surface area contributed by atoms with Crippen LogP contribution in [0.4, 0.5) is 0 Å². The van der Waals surface area contributed by atoms with Gasteiger partial charge in [-0.25, -0.2) is 4.98 Å². The van der Waals surface area contributed by atoms with Gasteiger partial charge >= 0.3 is 5.97 Å². The van der Waals surface area contributed by atoms with Crippen LogP contribution in [-0.2, 0) is 24.1 Å². The quantitative estimate of drug-likeness (QED) is 0.473. The number of nitrogens with zero attached hydrogens (tertiary/aromatic N) is 1. The van der Waals surface area contributed by atoms with Gasteiger partial charge in [-0.1, -0.05) is 50.1 Å². The second-order valence-corrected chi connectivity index (χ2v) is 9.22. The van der Waals surface area contributed by atoms with Crippen molar-refractivity contribution in [1.29, 1.82) is 0 Å².